The minimum atomic E-state index is -4.73. The fourth-order valence-electron chi connectivity index (χ4n) is 1.34. The quantitative estimate of drug-likeness (QED) is 0.737. The van der Waals surface area contributed by atoms with E-state index in [9.17, 15) is 18.0 Å². The molecule has 1 N–H and O–H groups in total. The van der Waals surface area contributed by atoms with Gasteiger partial charge in [-0.2, -0.15) is 13.2 Å². The lowest BCUT2D eigenvalue weighted by molar-refractivity contribution is -0.172. The minimum Gasteiger partial charge on any atom is -0.378 e. The lowest BCUT2D eigenvalue weighted by atomic mass is 10.1. The summed E-state index contributed by atoms with van der Waals surface area (Å²) in [4.78, 5) is 10.6. The Bertz CT molecular complexity index is 217. The lowest BCUT2D eigenvalue weighted by Gasteiger charge is -2.28. The molecule has 2 atom stereocenters. The van der Waals surface area contributed by atoms with Crippen LogP contribution in [0.5, 0.6) is 0 Å². The maximum atomic E-state index is 11.9. The number of carbonyl (C=O) groups is 1. The maximum absolute atomic E-state index is 11.9. The van der Waals surface area contributed by atoms with E-state index < -0.39 is 24.4 Å². The Morgan fingerprint density at radius 1 is 1.50 bits per heavy atom. The molecule has 0 amide bonds. The van der Waals surface area contributed by atoms with Crippen LogP contribution in [0.4, 0.5) is 13.2 Å². The second-order valence-electron chi connectivity index (χ2n) is 3.43. The standard InChI is InChI=1S/C8H12F3NO2/c1-5-3-14-4-6(12-5)2-7(13)8(9,10)11/h5-6,12H,2-4H2,1H3. The van der Waals surface area contributed by atoms with Crippen molar-refractivity contribution in [2.75, 3.05) is 13.2 Å². The Hall–Kier alpha value is -0.620. The number of Topliss-reactive ketones (excluding diaryl/α,β-unsaturated/α-hetero) is 1. The molecule has 1 heterocycles. The molecule has 6 heteroatoms. The third kappa shape index (κ3) is 3.26. The number of morpholine rings is 1. The maximum Gasteiger partial charge on any atom is 0.450 e. The van der Waals surface area contributed by atoms with Crippen molar-refractivity contribution in [3.63, 3.8) is 0 Å². The summed E-state index contributed by atoms with van der Waals surface area (Å²) in [5, 5.41) is 2.87. The molecule has 3 nitrogen and oxygen atoms in total. The van der Waals surface area contributed by atoms with Crippen LogP contribution in [-0.2, 0) is 9.53 Å². The highest BCUT2D eigenvalue weighted by Gasteiger charge is 2.39. The molecule has 82 valence electrons. The second-order valence-corrected chi connectivity index (χ2v) is 3.43. The van der Waals surface area contributed by atoms with E-state index in [0.29, 0.717) is 6.61 Å². The van der Waals surface area contributed by atoms with Gasteiger partial charge in [-0.3, -0.25) is 4.79 Å². The molecule has 1 rings (SSSR count). The third-order valence-electron chi connectivity index (χ3n) is 1.96. The van der Waals surface area contributed by atoms with Crippen molar-refractivity contribution in [2.24, 2.45) is 0 Å². The summed E-state index contributed by atoms with van der Waals surface area (Å²) >= 11 is 0. The van der Waals surface area contributed by atoms with Gasteiger partial charge in [0.15, 0.2) is 0 Å². The van der Waals surface area contributed by atoms with Crippen LogP contribution in [0.3, 0.4) is 0 Å². The molecule has 2 unspecified atom stereocenters. The van der Waals surface area contributed by atoms with Crippen LogP contribution in [0.15, 0.2) is 0 Å². The molecular formula is C8H12F3NO2. The fraction of sp³-hybridized carbons (Fsp3) is 0.875. The largest absolute Gasteiger partial charge is 0.450 e. The molecule has 1 aliphatic rings. The van der Waals surface area contributed by atoms with Gasteiger partial charge in [-0.15, -0.1) is 0 Å². The first-order chi connectivity index (χ1) is 6.39. The van der Waals surface area contributed by atoms with Crippen molar-refractivity contribution in [2.45, 2.75) is 31.6 Å². The van der Waals surface area contributed by atoms with Gasteiger partial charge in [0.25, 0.3) is 0 Å². The van der Waals surface area contributed by atoms with E-state index in [-0.39, 0.29) is 12.6 Å². The summed E-state index contributed by atoms with van der Waals surface area (Å²) in [7, 11) is 0. The van der Waals surface area contributed by atoms with Crippen LogP contribution in [0.2, 0.25) is 0 Å². The molecule has 0 saturated carbocycles. The Labute approximate surface area is 79.6 Å². The summed E-state index contributed by atoms with van der Waals surface area (Å²) in [6.07, 6.45) is -5.28. The van der Waals surface area contributed by atoms with E-state index in [2.05, 4.69) is 5.32 Å². The molecule has 0 bridgehead atoms. The Morgan fingerprint density at radius 3 is 2.64 bits per heavy atom. The van der Waals surface area contributed by atoms with Gasteiger partial charge in [0.2, 0.25) is 5.78 Å². The van der Waals surface area contributed by atoms with E-state index in [1.54, 1.807) is 6.92 Å². The van der Waals surface area contributed by atoms with Crippen LogP contribution in [-0.4, -0.2) is 37.3 Å². The van der Waals surface area contributed by atoms with Crippen molar-refractivity contribution < 1.29 is 22.7 Å². The van der Waals surface area contributed by atoms with Crippen molar-refractivity contribution in [1.29, 1.82) is 0 Å². The zero-order chi connectivity index (χ0) is 10.8. The summed E-state index contributed by atoms with van der Waals surface area (Å²) in [5.74, 6) is -1.70. The van der Waals surface area contributed by atoms with Gasteiger partial charge >= 0.3 is 6.18 Å². The summed E-state index contributed by atoms with van der Waals surface area (Å²) in [6.45, 7) is 2.42. The van der Waals surface area contributed by atoms with Crippen molar-refractivity contribution in [1.82, 2.24) is 5.32 Å². The fourth-order valence-corrected chi connectivity index (χ4v) is 1.34. The first kappa shape index (κ1) is 11.5. The molecule has 0 spiro atoms. The monoisotopic (exact) mass is 211 g/mol. The van der Waals surface area contributed by atoms with Gasteiger partial charge in [0.1, 0.15) is 0 Å². The Kier molecular flexibility index (Phi) is 3.49. The average Bonchev–Trinajstić information content (AvgIpc) is 2.02. The number of nitrogens with one attached hydrogen (secondary N) is 1. The number of halogens is 3. The molecule has 0 radical (unpaired) electrons. The van der Waals surface area contributed by atoms with E-state index in [1.807, 2.05) is 0 Å². The van der Waals surface area contributed by atoms with Crippen LogP contribution < -0.4 is 5.32 Å². The van der Waals surface area contributed by atoms with Crippen molar-refractivity contribution in [3.05, 3.63) is 0 Å². The molecule has 1 fully saturated rings. The molecule has 1 aliphatic heterocycles. The number of carbonyl (C=O) groups excluding carboxylic acids is 1. The first-order valence-corrected chi connectivity index (χ1v) is 4.33. The van der Waals surface area contributed by atoms with Crippen LogP contribution >= 0.6 is 0 Å². The van der Waals surface area contributed by atoms with Gasteiger partial charge in [-0.25, -0.2) is 0 Å². The van der Waals surface area contributed by atoms with Crippen molar-refractivity contribution in [3.8, 4) is 0 Å². The molecule has 0 aromatic heterocycles. The topological polar surface area (TPSA) is 38.3 Å². The molecule has 0 aliphatic carbocycles. The molecule has 0 aromatic carbocycles. The summed E-state index contributed by atoms with van der Waals surface area (Å²) in [5.41, 5.74) is 0. The highest BCUT2D eigenvalue weighted by atomic mass is 19.4. The van der Waals surface area contributed by atoms with E-state index >= 15 is 0 Å². The lowest BCUT2D eigenvalue weighted by Crippen LogP contribution is -2.49. The van der Waals surface area contributed by atoms with Crippen LogP contribution in [0.1, 0.15) is 13.3 Å². The number of ketones is 1. The predicted molar refractivity (Wildman–Crippen MR) is 42.9 cm³/mol. The highest BCUT2D eigenvalue weighted by Crippen LogP contribution is 2.19. The van der Waals surface area contributed by atoms with Crippen LogP contribution in [0.25, 0.3) is 0 Å². The molecular weight excluding hydrogens is 199 g/mol. The van der Waals surface area contributed by atoms with Crippen molar-refractivity contribution >= 4 is 5.78 Å². The molecule has 1 saturated heterocycles. The van der Waals surface area contributed by atoms with Crippen LogP contribution in [0, 0.1) is 0 Å². The number of alkyl halides is 3. The smallest absolute Gasteiger partial charge is 0.378 e. The van der Waals surface area contributed by atoms with Gasteiger partial charge in [-0.1, -0.05) is 0 Å². The number of hydrogen-bond acceptors (Lipinski definition) is 3. The second kappa shape index (κ2) is 4.27. The zero-order valence-corrected chi connectivity index (χ0v) is 7.73. The normalized spacial score (nSPS) is 28.9. The first-order valence-electron chi connectivity index (χ1n) is 4.33. The average molecular weight is 211 g/mol. The van der Waals surface area contributed by atoms with E-state index in [0.717, 1.165) is 0 Å². The Balaban J connectivity index is 2.40. The number of hydrogen-bond donors (Lipinski definition) is 1. The third-order valence-corrected chi connectivity index (χ3v) is 1.96. The van der Waals surface area contributed by atoms with Gasteiger partial charge in [-0.05, 0) is 6.92 Å². The predicted octanol–water partition coefficient (Wildman–Crippen LogP) is 0.885. The SMILES string of the molecule is CC1COCC(CC(=O)C(F)(F)F)N1. The molecule has 14 heavy (non-hydrogen) atoms. The number of ether oxygens (including phenoxy) is 1. The Morgan fingerprint density at radius 2 is 2.14 bits per heavy atom. The van der Waals surface area contributed by atoms with E-state index in [4.69, 9.17) is 4.74 Å². The minimum absolute atomic E-state index is 0.00483. The highest BCUT2D eigenvalue weighted by molar-refractivity contribution is 5.84. The zero-order valence-electron chi connectivity index (χ0n) is 7.73. The van der Waals surface area contributed by atoms with E-state index in [1.165, 1.54) is 0 Å². The number of rotatable bonds is 2. The van der Waals surface area contributed by atoms with Gasteiger partial charge in [0.05, 0.1) is 13.2 Å². The van der Waals surface area contributed by atoms with Gasteiger partial charge < -0.3 is 10.1 Å². The summed E-state index contributed by atoms with van der Waals surface area (Å²) in [6, 6.07) is -0.525. The summed E-state index contributed by atoms with van der Waals surface area (Å²) < 4.78 is 40.7. The van der Waals surface area contributed by atoms with Gasteiger partial charge in [0, 0.05) is 18.5 Å². The molecule has 0 aromatic rings.